The number of nitro groups is 1. The summed E-state index contributed by atoms with van der Waals surface area (Å²) in [5.74, 6) is 0.260. The molecule has 3 aromatic rings. The summed E-state index contributed by atoms with van der Waals surface area (Å²) in [5, 5.41) is 19.9. The van der Waals surface area contributed by atoms with Crippen LogP contribution in [0.2, 0.25) is 5.02 Å². The van der Waals surface area contributed by atoms with Crippen LogP contribution in [0, 0.1) is 22.9 Å². The second kappa shape index (κ2) is 7.84. The van der Waals surface area contributed by atoms with Gasteiger partial charge in [0.15, 0.2) is 5.16 Å². The number of aromatic nitrogens is 3. The first-order valence-electron chi connectivity index (χ1n) is 7.66. The van der Waals surface area contributed by atoms with Crippen LogP contribution in [-0.2, 0) is 0 Å². The van der Waals surface area contributed by atoms with Gasteiger partial charge in [0.25, 0.3) is 0 Å². The maximum Gasteiger partial charge on any atom is 0.220 e. The predicted octanol–water partition coefficient (Wildman–Crippen LogP) is 4.48. The zero-order valence-corrected chi connectivity index (χ0v) is 15.2. The summed E-state index contributed by atoms with van der Waals surface area (Å²) < 4.78 is 14.9. The van der Waals surface area contributed by atoms with Crippen LogP contribution >= 0.6 is 23.4 Å². The molecule has 0 fully saturated rings. The zero-order chi connectivity index (χ0) is 18.7. The lowest BCUT2D eigenvalue weighted by Gasteiger charge is -2.14. The Bertz CT molecular complexity index is 916. The minimum absolute atomic E-state index is 0.276. The summed E-state index contributed by atoms with van der Waals surface area (Å²) in [5.41, 5.74) is 1.45. The summed E-state index contributed by atoms with van der Waals surface area (Å²) in [6.45, 7) is 1.49. The third-order valence-electron chi connectivity index (χ3n) is 3.68. The van der Waals surface area contributed by atoms with E-state index >= 15 is 0 Å². The molecular weight excluding hydrogens is 379 g/mol. The minimum Gasteiger partial charge on any atom is -0.274 e. The quantitative estimate of drug-likeness (QED) is 0.351. The molecule has 0 aliphatic carbocycles. The van der Waals surface area contributed by atoms with Gasteiger partial charge in [-0.2, -0.15) is 0 Å². The van der Waals surface area contributed by atoms with Crippen LogP contribution < -0.4 is 0 Å². The fourth-order valence-corrected chi connectivity index (χ4v) is 3.76. The van der Waals surface area contributed by atoms with Gasteiger partial charge in [-0.25, -0.2) is 4.39 Å². The Morgan fingerprint density at radius 3 is 2.46 bits per heavy atom. The summed E-state index contributed by atoms with van der Waals surface area (Å²) in [6, 6.07) is 12.8. The highest BCUT2D eigenvalue weighted by molar-refractivity contribution is 7.99. The Labute approximate surface area is 158 Å². The molecule has 1 atom stereocenters. The molecule has 0 saturated carbocycles. The summed E-state index contributed by atoms with van der Waals surface area (Å²) in [4.78, 5) is 10.8. The number of benzene rings is 2. The molecule has 9 heteroatoms. The van der Waals surface area contributed by atoms with Gasteiger partial charge >= 0.3 is 0 Å². The molecule has 6 nitrogen and oxygen atoms in total. The van der Waals surface area contributed by atoms with Crippen molar-refractivity contribution in [2.75, 3.05) is 6.54 Å². The smallest absolute Gasteiger partial charge is 0.220 e. The molecule has 1 aromatic heterocycles. The zero-order valence-electron chi connectivity index (χ0n) is 13.7. The van der Waals surface area contributed by atoms with Crippen molar-refractivity contribution in [1.82, 2.24) is 14.8 Å². The van der Waals surface area contributed by atoms with Crippen LogP contribution in [0.15, 0.2) is 53.7 Å². The van der Waals surface area contributed by atoms with Crippen LogP contribution in [-0.4, -0.2) is 26.2 Å². The highest BCUT2D eigenvalue weighted by atomic mass is 35.5. The number of thioether (sulfide) groups is 1. The van der Waals surface area contributed by atoms with Gasteiger partial charge in [0.05, 0.1) is 0 Å². The summed E-state index contributed by atoms with van der Waals surface area (Å²) in [7, 11) is 0. The van der Waals surface area contributed by atoms with Gasteiger partial charge in [-0.05, 0) is 48.9 Å². The monoisotopic (exact) mass is 392 g/mol. The van der Waals surface area contributed by atoms with Crippen molar-refractivity contribution in [1.29, 1.82) is 0 Å². The Kier molecular flexibility index (Phi) is 5.53. The molecule has 0 aliphatic heterocycles. The molecule has 134 valence electrons. The van der Waals surface area contributed by atoms with Crippen molar-refractivity contribution < 1.29 is 9.31 Å². The first-order valence-corrected chi connectivity index (χ1v) is 8.91. The Hall–Kier alpha value is -2.45. The average Bonchev–Trinajstić information content (AvgIpc) is 2.96. The molecule has 0 N–H and O–H groups in total. The van der Waals surface area contributed by atoms with Crippen LogP contribution in [0.25, 0.3) is 5.69 Å². The van der Waals surface area contributed by atoms with Crippen molar-refractivity contribution in [3.05, 3.63) is 80.9 Å². The lowest BCUT2D eigenvalue weighted by atomic mass is 10.1. The Morgan fingerprint density at radius 2 is 1.85 bits per heavy atom. The second-order valence-corrected chi connectivity index (χ2v) is 7.12. The van der Waals surface area contributed by atoms with Gasteiger partial charge < -0.3 is 0 Å². The Balaban J connectivity index is 1.95. The fourth-order valence-electron chi connectivity index (χ4n) is 2.46. The molecule has 0 aliphatic rings. The largest absolute Gasteiger partial charge is 0.274 e. The van der Waals surface area contributed by atoms with Gasteiger partial charge in [-0.3, -0.25) is 14.7 Å². The van der Waals surface area contributed by atoms with Gasteiger partial charge in [-0.15, -0.1) is 10.2 Å². The molecule has 0 unspecified atom stereocenters. The lowest BCUT2D eigenvalue weighted by Crippen LogP contribution is -2.11. The molecular formula is C17H14ClFN4O2S. The van der Waals surface area contributed by atoms with Gasteiger partial charge in [0.2, 0.25) is 6.54 Å². The van der Waals surface area contributed by atoms with Gasteiger partial charge in [0, 0.05) is 15.6 Å². The lowest BCUT2D eigenvalue weighted by molar-refractivity contribution is -0.479. The number of hydrogen-bond donors (Lipinski definition) is 0. The first kappa shape index (κ1) is 18.3. The third kappa shape index (κ3) is 4.20. The van der Waals surface area contributed by atoms with Crippen LogP contribution in [0.1, 0.15) is 16.6 Å². The number of nitrogens with zero attached hydrogens (tertiary/aromatic N) is 4. The van der Waals surface area contributed by atoms with Crippen LogP contribution in [0.5, 0.6) is 0 Å². The van der Waals surface area contributed by atoms with E-state index in [0.717, 1.165) is 5.56 Å². The van der Waals surface area contributed by atoms with E-state index in [1.807, 2.05) is 0 Å². The molecule has 0 saturated heterocycles. The summed E-state index contributed by atoms with van der Waals surface area (Å²) in [6.07, 6.45) is 0. The normalized spacial score (nSPS) is 12.1. The van der Waals surface area contributed by atoms with E-state index in [1.54, 1.807) is 47.9 Å². The number of halogens is 2. The molecule has 0 spiro atoms. The Morgan fingerprint density at radius 1 is 1.19 bits per heavy atom. The van der Waals surface area contributed by atoms with Crippen molar-refractivity contribution >= 4 is 23.4 Å². The molecule has 0 radical (unpaired) electrons. The topological polar surface area (TPSA) is 73.8 Å². The number of aryl methyl sites for hydroxylation is 1. The van der Waals surface area contributed by atoms with Crippen molar-refractivity contribution in [3.8, 4) is 5.69 Å². The maximum absolute atomic E-state index is 13.2. The maximum atomic E-state index is 13.2. The van der Waals surface area contributed by atoms with Gasteiger partial charge in [-0.1, -0.05) is 35.5 Å². The van der Waals surface area contributed by atoms with Crippen molar-refractivity contribution in [2.45, 2.75) is 17.3 Å². The predicted molar refractivity (Wildman–Crippen MR) is 98.0 cm³/mol. The van der Waals surface area contributed by atoms with Crippen LogP contribution in [0.4, 0.5) is 4.39 Å². The highest BCUT2D eigenvalue weighted by Gasteiger charge is 2.23. The average molecular weight is 393 g/mol. The molecule has 0 bridgehead atoms. The fraction of sp³-hybridized carbons (Fsp3) is 0.176. The van der Waals surface area contributed by atoms with Crippen molar-refractivity contribution in [2.24, 2.45) is 0 Å². The van der Waals surface area contributed by atoms with Gasteiger partial charge in [0.1, 0.15) is 16.9 Å². The number of rotatable bonds is 6. The number of hydrogen-bond acceptors (Lipinski definition) is 5. The molecule has 3 rings (SSSR count). The van der Waals surface area contributed by atoms with E-state index in [-0.39, 0.29) is 17.3 Å². The van der Waals surface area contributed by atoms with Crippen LogP contribution in [0.3, 0.4) is 0 Å². The molecule has 0 amide bonds. The first-order chi connectivity index (χ1) is 12.4. The minimum atomic E-state index is -0.468. The van der Waals surface area contributed by atoms with E-state index in [2.05, 4.69) is 10.2 Å². The van der Waals surface area contributed by atoms with E-state index < -0.39 is 5.25 Å². The van der Waals surface area contributed by atoms with E-state index in [9.17, 15) is 14.5 Å². The second-order valence-electron chi connectivity index (χ2n) is 5.51. The SMILES string of the molecule is Cc1nnc(S[C@H](C[N+](=O)[O-])c2ccc(Cl)cc2)n1-c1ccc(F)cc1. The molecule has 2 aromatic carbocycles. The van der Waals surface area contributed by atoms with E-state index in [1.165, 1.54) is 23.9 Å². The third-order valence-corrected chi connectivity index (χ3v) is 5.12. The molecule has 1 heterocycles. The highest BCUT2D eigenvalue weighted by Crippen LogP contribution is 2.36. The van der Waals surface area contributed by atoms with E-state index in [0.29, 0.717) is 21.7 Å². The summed E-state index contributed by atoms with van der Waals surface area (Å²) >= 11 is 7.14. The van der Waals surface area contributed by atoms with E-state index in [4.69, 9.17) is 11.6 Å². The molecule has 26 heavy (non-hydrogen) atoms. The van der Waals surface area contributed by atoms with Crippen molar-refractivity contribution in [3.63, 3.8) is 0 Å². The standard InChI is InChI=1S/C17H14ClFN4O2S/c1-11-20-21-17(23(11)15-8-6-14(19)7-9-15)26-16(10-22(24)25)12-2-4-13(18)5-3-12/h2-9,16H,10H2,1H3/t16-/m1/s1.